The third-order valence-electron chi connectivity index (χ3n) is 4.31. The molecule has 1 aliphatic rings. The zero-order chi connectivity index (χ0) is 23.0. The fraction of sp³-hybridized carbons (Fsp3) is 0.913. The van der Waals surface area contributed by atoms with Crippen molar-refractivity contribution in [3.63, 3.8) is 0 Å². The fourth-order valence-electron chi connectivity index (χ4n) is 2.30. The van der Waals surface area contributed by atoms with Crippen molar-refractivity contribution >= 4 is 33.5 Å². The van der Waals surface area contributed by atoms with Gasteiger partial charge in [0.25, 0.3) is 0 Å². The van der Waals surface area contributed by atoms with Crippen molar-refractivity contribution in [3.05, 3.63) is 0 Å². The van der Waals surface area contributed by atoms with Gasteiger partial charge in [0.05, 0.1) is 0 Å². The van der Waals surface area contributed by atoms with Crippen LogP contribution in [0.2, 0.25) is 0 Å². The number of carbonyl (C=O) groups is 2. The summed E-state index contributed by atoms with van der Waals surface area (Å²) >= 11 is 0. The van der Waals surface area contributed by atoms with E-state index in [4.69, 9.17) is 10.2 Å². The van der Waals surface area contributed by atoms with Gasteiger partial charge in [-0.2, -0.15) is 0 Å². The quantitative estimate of drug-likeness (QED) is 0.228. The number of aliphatic carboxylic acids is 2. The molecule has 0 aromatic heterocycles. The van der Waals surface area contributed by atoms with Gasteiger partial charge in [-0.25, -0.2) is 0 Å². The summed E-state index contributed by atoms with van der Waals surface area (Å²) in [5.74, 6) is -0.0878. The number of hydrogen-bond donors (Lipinski definition) is 2. The molecule has 2 N–H and O–H groups in total. The highest BCUT2D eigenvalue weighted by Gasteiger charge is 2.29. The summed E-state index contributed by atoms with van der Waals surface area (Å²) in [4.78, 5) is 20.3. The zero-order valence-electron chi connectivity index (χ0n) is 19.9. The molecule has 1 rings (SSSR count). The van der Waals surface area contributed by atoms with E-state index in [1.54, 1.807) is 0 Å². The number of carboxylic acids is 2. The second-order valence-corrected chi connectivity index (χ2v) is 10.3. The average Bonchev–Trinajstić information content (AvgIpc) is 3.14. The van der Waals surface area contributed by atoms with E-state index in [9.17, 15) is 9.59 Å². The summed E-state index contributed by atoms with van der Waals surface area (Å²) in [5, 5.41) is 16.7. The normalized spacial score (nSPS) is 17.0. The van der Waals surface area contributed by atoms with Crippen LogP contribution in [0.4, 0.5) is 0 Å². The van der Waals surface area contributed by atoms with Gasteiger partial charge < -0.3 is 10.2 Å². The van der Waals surface area contributed by atoms with Gasteiger partial charge in [0.1, 0.15) is 0 Å². The molecule has 176 valence electrons. The molecule has 1 saturated heterocycles. The second-order valence-electron chi connectivity index (χ2n) is 7.26. The average molecular weight is 453 g/mol. The first-order valence-corrected chi connectivity index (χ1v) is 13.9. The Balaban J connectivity index is -0.000000375. The lowest BCUT2D eigenvalue weighted by atomic mass is 9.99. The number of carboxylic acid groups (broad SMARTS) is 2. The summed E-state index contributed by atoms with van der Waals surface area (Å²) in [6.07, 6.45) is 13.2. The van der Waals surface area contributed by atoms with Gasteiger partial charge in [-0.15, -0.1) is 0 Å². The molecule has 0 spiro atoms. The Morgan fingerprint density at radius 2 is 1.28 bits per heavy atom. The molecule has 1 aliphatic heterocycles. The van der Waals surface area contributed by atoms with Crippen LogP contribution in [0.3, 0.4) is 0 Å². The minimum Gasteiger partial charge on any atom is -0.481 e. The predicted octanol–water partition coefficient (Wildman–Crippen LogP) is 8.44. The van der Waals surface area contributed by atoms with E-state index in [1.165, 1.54) is 44.3 Å². The van der Waals surface area contributed by atoms with E-state index in [0.717, 1.165) is 32.1 Å². The zero-order valence-corrected chi connectivity index (χ0v) is 21.6. The predicted molar refractivity (Wildman–Crippen MR) is 132 cm³/mol. The first-order chi connectivity index (χ1) is 13.8. The minimum absolute atomic E-state index is 0.327. The van der Waals surface area contributed by atoms with Crippen LogP contribution in [0.25, 0.3) is 0 Å². The summed E-state index contributed by atoms with van der Waals surface area (Å²) in [6, 6.07) is 0. The SMILES string of the molecule is CC.CCCC.CCCCCCCC(=O)O.C[C@@]1(CCCCC(=O)O)CCSS1. The third kappa shape index (κ3) is 29.9. The number of rotatable bonds is 12. The molecule has 1 fully saturated rings. The molecule has 29 heavy (non-hydrogen) atoms. The van der Waals surface area contributed by atoms with E-state index in [-0.39, 0.29) is 0 Å². The highest BCUT2D eigenvalue weighted by atomic mass is 33.1. The van der Waals surface area contributed by atoms with Crippen LogP contribution in [0.1, 0.15) is 125 Å². The van der Waals surface area contributed by atoms with Gasteiger partial charge in [-0.1, -0.05) is 101 Å². The molecule has 0 bridgehead atoms. The van der Waals surface area contributed by atoms with E-state index in [2.05, 4.69) is 27.7 Å². The van der Waals surface area contributed by atoms with Crippen molar-refractivity contribution < 1.29 is 19.8 Å². The second kappa shape index (κ2) is 25.7. The molecule has 1 heterocycles. The molecule has 6 heteroatoms. The lowest BCUT2D eigenvalue weighted by Crippen LogP contribution is -2.15. The Labute approximate surface area is 188 Å². The molecule has 0 aliphatic carbocycles. The third-order valence-corrected chi connectivity index (χ3v) is 7.67. The lowest BCUT2D eigenvalue weighted by molar-refractivity contribution is -0.138. The molecule has 0 radical (unpaired) electrons. The van der Waals surface area contributed by atoms with E-state index in [1.807, 2.05) is 35.4 Å². The molecule has 0 amide bonds. The topological polar surface area (TPSA) is 74.6 Å². The minimum atomic E-state index is -0.670. The number of unbranched alkanes of at least 4 members (excludes halogenated alkanes) is 6. The van der Waals surface area contributed by atoms with Crippen LogP contribution >= 0.6 is 21.6 Å². The molecule has 0 aromatic carbocycles. The molecule has 4 nitrogen and oxygen atoms in total. The van der Waals surface area contributed by atoms with Crippen LogP contribution in [-0.2, 0) is 9.59 Å². The smallest absolute Gasteiger partial charge is 0.303 e. The molecule has 0 saturated carbocycles. The lowest BCUT2D eigenvalue weighted by Gasteiger charge is -2.20. The standard InChI is InChI=1S/C9H16O2S2.C8H16O2.C4H10.C2H6/c1-9(6-7-12-13-9)5-3-2-4-8(10)11;1-2-3-4-5-6-7-8(9)10;1-3-4-2;1-2/h2-7H2,1H3,(H,10,11);2-7H2,1H3,(H,9,10);3-4H2,1-2H3;1-2H3/t9-;;;/m1.../s1. The molecule has 0 unspecified atom stereocenters. The maximum Gasteiger partial charge on any atom is 0.303 e. The summed E-state index contributed by atoms with van der Waals surface area (Å²) in [7, 11) is 3.92. The van der Waals surface area contributed by atoms with Crippen molar-refractivity contribution in [2.24, 2.45) is 0 Å². The highest BCUT2D eigenvalue weighted by Crippen LogP contribution is 2.49. The summed E-state index contributed by atoms with van der Waals surface area (Å²) < 4.78 is 0.420. The Bertz CT molecular complexity index is 355. The highest BCUT2D eigenvalue weighted by molar-refractivity contribution is 8.77. The van der Waals surface area contributed by atoms with Crippen LogP contribution < -0.4 is 0 Å². The van der Waals surface area contributed by atoms with Crippen molar-refractivity contribution in [3.8, 4) is 0 Å². The van der Waals surface area contributed by atoms with Gasteiger partial charge in [0.2, 0.25) is 0 Å². The maximum absolute atomic E-state index is 10.3. The molecular weight excluding hydrogens is 404 g/mol. The van der Waals surface area contributed by atoms with Crippen molar-refractivity contribution in [1.29, 1.82) is 0 Å². The number of hydrogen-bond acceptors (Lipinski definition) is 4. The maximum atomic E-state index is 10.3. The Morgan fingerprint density at radius 1 is 0.793 bits per heavy atom. The largest absolute Gasteiger partial charge is 0.481 e. The van der Waals surface area contributed by atoms with Crippen molar-refractivity contribution in [2.75, 3.05) is 5.75 Å². The van der Waals surface area contributed by atoms with Gasteiger partial charge >= 0.3 is 11.9 Å². The van der Waals surface area contributed by atoms with E-state index < -0.39 is 11.9 Å². The molecular formula is C23H48O4S2. The first kappa shape index (κ1) is 33.3. The van der Waals surface area contributed by atoms with Crippen LogP contribution in [-0.4, -0.2) is 32.7 Å². The van der Waals surface area contributed by atoms with Gasteiger partial charge in [0, 0.05) is 23.3 Å². The van der Waals surface area contributed by atoms with E-state index in [0.29, 0.717) is 17.6 Å². The Morgan fingerprint density at radius 3 is 1.66 bits per heavy atom. The van der Waals surface area contributed by atoms with Crippen molar-refractivity contribution in [1.82, 2.24) is 0 Å². The Hall–Kier alpha value is -0.360. The van der Waals surface area contributed by atoms with Gasteiger partial charge in [-0.3, -0.25) is 9.59 Å². The fourth-order valence-corrected chi connectivity index (χ4v) is 5.60. The first-order valence-electron chi connectivity index (χ1n) is 11.6. The van der Waals surface area contributed by atoms with Crippen LogP contribution in [0, 0.1) is 0 Å². The van der Waals surface area contributed by atoms with Crippen molar-refractivity contribution in [2.45, 2.75) is 130 Å². The van der Waals surface area contributed by atoms with Crippen LogP contribution in [0.5, 0.6) is 0 Å². The monoisotopic (exact) mass is 452 g/mol. The molecule has 0 aromatic rings. The summed E-state index contributed by atoms with van der Waals surface area (Å²) in [5.41, 5.74) is 0. The summed E-state index contributed by atoms with van der Waals surface area (Å²) in [6.45, 7) is 12.8. The van der Waals surface area contributed by atoms with Gasteiger partial charge in [0.15, 0.2) is 0 Å². The van der Waals surface area contributed by atoms with Gasteiger partial charge in [-0.05, 0) is 32.6 Å². The van der Waals surface area contributed by atoms with E-state index >= 15 is 0 Å². The van der Waals surface area contributed by atoms with Crippen LogP contribution in [0.15, 0.2) is 0 Å². The molecule has 1 atom stereocenters. The Kier molecular flexibility index (Phi) is 29.5.